The number of nitrogens with one attached hydrogen (secondary N) is 1. The summed E-state index contributed by atoms with van der Waals surface area (Å²) < 4.78 is 54.1. The Morgan fingerprint density at radius 2 is 1.78 bits per heavy atom. The third-order valence-electron chi connectivity index (χ3n) is 5.14. The van der Waals surface area contributed by atoms with Crippen molar-refractivity contribution in [2.75, 3.05) is 18.9 Å². The molecule has 188 valence electrons. The van der Waals surface area contributed by atoms with Gasteiger partial charge in [0.2, 0.25) is 0 Å². The molecule has 0 atom stereocenters. The van der Waals surface area contributed by atoms with Gasteiger partial charge in [0.05, 0.1) is 41.0 Å². The van der Waals surface area contributed by atoms with Gasteiger partial charge >= 0.3 is 5.97 Å². The topological polar surface area (TPSA) is 128 Å². The summed E-state index contributed by atoms with van der Waals surface area (Å²) in [6.45, 7) is 0. The molecule has 0 aliphatic heterocycles. The lowest BCUT2D eigenvalue weighted by Crippen LogP contribution is -2.15. The molecule has 0 saturated heterocycles. The third kappa shape index (κ3) is 5.32. The number of aromatic carboxylic acids is 1. The second kappa shape index (κ2) is 10.4. The highest BCUT2D eigenvalue weighted by molar-refractivity contribution is 9.10. The number of rotatable bonds is 6. The van der Waals surface area contributed by atoms with Gasteiger partial charge in [0.1, 0.15) is 22.2 Å². The summed E-state index contributed by atoms with van der Waals surface area (Å²) in [6.07, 6.45) is 2.67. The number of sulfonamides is 1. The molecule has 2 aromatic carbocycles. The highest BCUT2D eigenvalue weighted by atomic mass is 79.9. The van der Waals surface area contributed by atoms with E-state index in [0.29, 0.717) is 11.1 Å². The molecule has 9 nitrogen and oxygen atoms in total. The van der Waals surface area contributed by atoms with Gasteiger partial charge in [-0.05, 0) is 46.3 Å². The van der Waals surface area contributed by atoms with E-state index in [1.165, 1.54) is 50.9 Å². The van der Waals surface area contributed by atoms with E-state index in [4.69, 9.17) is 14.6 Å². The lowest BCUT2D eigenvalue weighted by Gasteiger charge is -2.13. The van der Waals surface area contributed by atoms with Crippen molar-refractivity contribution in [3.05, 3.63) is 82.0 Å². The highest BCUT2D eigenvalue weighted by Crippen LogP contribution is 2.32. The maximum atomic E-state index is 14.4. The van der Waals surface area contributed by atoms with Crippen LogP contribution in [0.25, 0.3) is 10.9 Å². The van der Waals surface area contributed by atoms with Crippen molar-refractivity contribution in [3.8, 4) is 23.3 Å². The molecule has 0 amide bonds. The van der Waals surface area contributed by atoms with Gasteiger partial charge in [-0.3, -0.25) is 9.71 Å². The van der Waals surface area contributed by atoms with Gasteiger partial charge in [-0.1, -0.05) is 11.8 Å². The van der Waals surface area contributed by atoms with Crippen molar-refractivity contribution in [2.45, 2.75) is 4.90 Å². The minimum absolute atomic E-state index is 0.0580. The molecule has 4 rings (SSSR count). The fraction of sp³-hybridized carbons (Fsp3) is 0.0800. The molecule has 0 saturated carbocycles. The fourth-order valence-corrected chi connectivity index (χ4v) is 4.98. The Morgan fingerprint density at radius 1 is 1.05 bits per heavy atom. The maximum Gasteiger partial charge on any atom is 0.354 e. The molecule has 37 heavy (non-hydrogen) atoms. The Balaban J connectivity index is 1.79. The first-order chi connectivity index (χ1) is 17.6. The predicted octanol–water partition coefficient (Wildman–Crippen LogP) is 4.45. The number of aromatic nitrogens is 2. The number of methoxy groups -OCH3 is 2. The molecule has 4 aromatic rings. The molecule has 2 heterocycles. The molecule has 0 aliphatic rings. The Kier molecular flexibility index (Phi) is 7.28. The zero-order valence-electron chi connectivity index (χ0n) is 19.2. The minimum atomic E-state index is -4.25. The molecule has 0 unspecified atom stereocenters. The van der Waals surface area contributed by atoms with Crippen LogP contribution in [0.5, 0.6) is 11.5 Å². The van der Waals surface area contributed by atoms with Gasteiger partial charge in [0.25, 0.3) is 10.0 Å². The van der Waals surface area contributed by atoms with Gasteiger partial charge in [-0.2, -0.15) is 0 Å². The number of pyridine rings is 2. The van der Waals surface area contributed by atoms with Crippen LogP contribution in [-0.2, 0) is 10.0 Å². The van der Waals surface area contributed by atoms with Gasteiger partial charge in [0.15, 0.2) is 5.69 Å². The lowest BCUT2D eigenvalue weighted by atomic mass is 10.1. The summed E-state index contributed by atoms with van der Waals surface area (Å²) in [5.41, 5.74) is 0.191. The van der Waals surface area contributed by atoms with Crippen molar-refractivity contribution in [2.24, 2.45) is 0 Å². The Hall–Kier alpha value is -4.21. The number of ether oxygens (including phenoxy) is 2. The van der Waals surface area contributed by atoms with E-state index in [2.05, 4.69) is 42.5 Å². The SMILES string of the molecule is COc1cc(C(=O)O)ncc1C#Cc1cc(Br)c(F)cc1NS(=O)(=O)c1ccc(OC)c2cccnc12. The van der Waals surface area contributed by atoms with Crippen LogP contribution in [0.15, 0.2) is 64.2 Å². The summed E-state index contributed by atoms with van der Waals surface area (Å²) in [7, 11) is -1.45. The van der Waals surface area contributed by atoms with Gasteiger partial charge in [-0.25, -0.2) is 22.6 Å². The number of carbonyl (C=O) groups is 1. The van der Waals surface area contributed by atoms with Gasteiger partial charge < -0.3 is 14.6 Å². The number of nitrogens with zero attached hydrogens (tertiary/aromatic N) is 2. The Labute approximate surface area is 219 Å². The second-order valence-corrected chi connectivity index (χ2v) is 9.91. The number of fused-ring (bicyclic) bond motifs is 1. The Bertz CT molecular complexity index is 1720. The van der Waals surface area contributed by atoms with Crippen molar-refractivity contribution < 1.29 is 32.2 Å². The van der Waals surface area contributed by atoms with E-state index in [-0.39, 0.29) is 43.1 Å². The van der Waals surface area contributed by atoms with Crippen molar-refractivity contribution in [1.29, 1.82) is 0 Å². The van der Waals surface area contributed by atoms with Crippen LogP contribution in [-0.4, -0.2) is 43.7 Å². The number of hydrogen-bond acceptors (Lipinski definition) is 7. The smallest absolute Gasteiger partial charge is 0.354 e. The van der Waals surface area contributed by atoms with Crippen LogP contribution in [0.3, 0.4) is 0 Å². The van der Waals surface area contributed by atoms with Crippen molar-refractivity contribution in [3.63, 3.8) is 0 Å². The van der Waals surface area contributed by atoms with Crippen molar-refractivity contribution >= 4 is 48.5 Å². The van der Waals surface area contributed by atoms with E-state index >= 15 is 0 Å². The average molecular weight is 586 g/mol. The molecule has 0 spiro atoms. The summed E-state index contributed by atoms with van der Waals surface area (Å²) in [5.74, 6) is 4.18. The van der Waals surface area contributed by atoms with E-state index in [9.17, 15) is 17.6 Å². The minimum Gasteiger partial charge on any atom is -0.496 e. The van der Waals surface area contributed by atoms with Crippen molar-refractivity contribution in [1.82, 2.24) is 9.97 Å². The monoisotopic (exact) mass is 585 g/mol. The van der Waals surface area contributed by atoms with Crippen LogP contribution in [0.2, 0.25) is 0 Å². The second-order valence-electron chi connectivity index (χ2n) is 7.41. The summed E-state index contributed by atoms with van der Waals surface area (Å²) in [5, 5.41) is 9.61. The lowest BCUT2D eigenvalue weighted by molar-refractivity contribution is 0.0690. The number of anilines is 1. The van der Waals surface area contributed by atoms with Crippen LogP contribution in [0, 0.1) is 17.7 Å². The molecule has 0 radical (unpaired) electrons. The molecule has 0 aliphatic carbocycles. The number of halogens is 2. The number of benzene rings is 2. The predicted molar refractivity (Wildman–Crippen MR) is 137 cm³/mol. The standard InChI is InChI=1S/C25H17BrFN3O6S/c1-35-21-7-8-23(24-16(21)4-3-9-28-24)37(33,34)30-19-11-18(27)17(26)10-14(19)5-6-15-13-29-20(25(31)32)12-22(15)36-2/h3-4,7-13,30H,1-2H3,(H,31,32). The number of carboxylic acid groups (broad SMARTS) is 1. The molecule has 12 heteroatoms. The van der Waals surface area contributed by atoms with E-state index in [0.717, 1.165) is 6.07 Å². The first-order valence-corrected chi connectivity index (χ1v) is 12.6. The molecular formula is C25H17BrFN3O6S. The fourth-order valence-electron chi connectivity index (χ4n) is 3.40. The largest absolute Gasteiger partial charge is 0.496 e. The molecule has 0 fully saturated rings. The first-order valence-electron chi connectivity index (χ1n) is 10.4. The van der Waals surface area contributed by atoms with Crippen LogP contribution < -0.4 is 14.2 Å². The van der Waals surface area contributed by atoms with Gasteiger partial charge in [-0.15, -0.1) is 0 Å². The number of carboxylic acids is 1. The van der Waals surface area contributed by atoms with E-state index in [1.807, 2.05) is 0 Å². The normalized spacial score (nSPS) is 10.9. The summed E-state index contributed by atoms with van der Waals surface area (Å²) in [4.78, 5) is 19.0. The highest BCUT2D eigenvalue weighted by Gasteiger charge is 2.22. The first kappa shape index (κ1) is 25.9. The average Bonchev–Trinajstić information content (AvgIpc) is 2.88. The van der Waals surface area contributed by atoms with Crippen LogP contribution in [0.4, 0.5) is 10.1 Å². The Morgan fingerprint density at radius 3 is 2.49 bits per heavy atom. The molecule has 2 N–H and O–H groups in total. The van der Waals surface area contributed by atoms with E-state index in [1.54, 1.807) is 12.1 Å². The molecular weight excluding hydrogens is 569 g/mol. The molecule has 2 aromatic heterocycles. The quantitative estimate of drug-likeness (QED) is 0.318. The zero-order valence-corrected chi connectivity index (χ0v) is 21.6. The summed E-state index contributed by atoms with van der Waals surface area (Å²) in [6, 6.07) is 9.69. The maximum absolute atomic E-state index is 14.4. The third-order valence-corrected chi connectivity index (χ3v) is 7.15. The van der Waals surface area contributed by atoms with E-state index < -0.39 is 21.8 Å². The van der Waals surface area contributed by atoms with Crippen LogP contribution in [0.1, 0.15) is 21.6 Å². The number of hydrogen-bond donors (Lipinski definition) is 2. The zero-order chi connectivity index (χ0) is 26.7. The van der Waals surface area contributed by atoms with Crippen LogP contribution >= 0.6 is 15.9 Å². The summed E-state index contributed by atoms with van der Waals surface area (Å²) >= 11 is 3.09. The van der Waals surface area contributed by atoms with Gasteiger partial charge in [0, 0.05) is 29.9 Å². The molecule has 0 bridgehead atoms.